The molecule has 0 radical (unpaired) electrons. The van der Waals surface area contributed by atoms with Gasteiger partial charge in [0, 0.05) is 33.4 Å². The van der Waals surface area contributed by atoms with E-state index in [-0.39, 0.29) is 6.04 Å². The highest BCUT2D eigenvalue weighted by Crippen LogP contribution is 2.28. The van der Waals surface area contributed by atoms with Crippen molar-refractivity contribution in [1.82, 2.24) is 15.5 Å². The van der Waals surface area contributed by atoms with Gasteiger partial charge in [-0.15, -0.1) is 0 Å². The Balaban J connectivity index is 1.74. The van der Waals surface area contributed by atoms with Crippen molar-refractivity contribution in [1.29, 1.82) is 0 Å². The normalized spacial score (nSPS) is 15.8. The third kappa shape index (κ3) is 7.22. The number of methoxy groups -OCH3 is 1. The number of nitrogens with one attached hydrogen (secondary N) is 2. The Morgan fingerprint density at radius 1 is 1.31 bits per heavy atom. The van der Waals surface area contributed by atoms with E-state index in [1.807, 2.05) is 12.1 Å². The van der Waals surface area contributed by atoms with Crippen LogP contribution in [0, 0.1) is 5.92 Å². The van der Waals surface area contributed by atoms with Crippen LogP contribution >= 0.6 is 0 Å². The highest BCUT2D eigenvalue weighted by Gasteiger charge is 2.20. The first kappa shape index (κ1) is 20.5. The molecule has 26 heavy (non-hydrogen) atoms. The second kappa shape index (κ2) is 11.0. The minimum atomic E-state index is 0.227. The van der Waals surface area contributed by atoms with Crippen molar-refractivity contribution in [2.45, 2.75) is 25.3 Å². The number of aliphatic imine (C=N–C) groups is 1. The zero-order valence-electron chi connectivity index (χ0n) is 16.6. The Bertz CT molecular complexity index is 558. The third-order valence-electron chi connectivity index (χ3n) is 4.60. The van der Waals surface area contributed by atoms with Gasteiger partial charge in [-0.2, -0.15) is 0 Å². The Hall–Kier alpha value is -1.79. The van der Waals surface area contributed by atoms with Crippen molar-refractivity contribution < 1.29 is 9.47 Å². The standard InChI is InChI=1S/C20H34N4O2/c1-21-20(22-11-6-12-26-15-16-9-10-16)23-14-19(24(2)3)17-7-5-8-18(13-17)25-4/h5,7-8,13,16,19H,6,9-12,14-15H2,1-4H3,(H2,21,22,23). The van der Waals surface area contributed by atoms with Crippen LogP contribution in [0.3, 0.4) is 0 Å². The molecular formula is C20H34N4O2. The van der Waals surface area contributed by atoms with Gasteiger partial charge >= 0.3 is 0 Å². The van der Waals surface area contributed by atoms with E-state index >= 15 is 0 Å². The van der Waals surface area contributed by atoms with Crippen LogP contribution < -0.4 is 15.4 Å². The largest absolute Gasteiger partial charge is 0.497 e. The lowest BCUT2D eigenvalue weighted by Crippen LogP contribution is -2.42. The van der Waals surface area contributed by atoms with Gasteiger partial charge < -0.3 is 25.0 Å². The fraction of sp³-hybridized carbons (Fsp3) is 0.650. The lowest BCUT2D eigenvalue weighted by Gasteiger charge is -2.26. The fourth-order valence-electron chi connectivity index (χ4n) is 2.78. The summed E-state index contributed by atoms with van der Waals surface area (Å²) < 4.78 is 11.0. The summed E-state index contributed by atoms with van der Waals surface area (Å²) in [6.07, 6.45) is 3.67. The summed E-state index contributed by atoms with van der Waals surface area (Å²) >= 11 is 0. The first-order valence-corrected chi connectivity index (χ1v) is 9.46. The molecule has 6 nitrogen and oxygen atoms in total. The van der Waals surface area contributed by atoms with Crippen LogP contribution in [-0.4, -0.2) is 65.4 Å². The van der Waals surface area contributed by atoms with Crippen molar-refractivity contribution in [3.63, 3.8) is 0 Å². The molecule has 0 saturated heterocycles. The molecule has 0 bridgehead atoms. The van der Waals surface area contributed by atoms with Crippen molar-refractivity contribution >= 4 is 5.96 Å². The number of hydrogen-bond acceptors (Lipinski definition) is 4. The summed E-state index contributed by atoms with van der Waals surface area (Å²) in [5, 5.41) is 6.78. The number of guanidine groups is 1. The van der Waals surface area contributed by atoms with Gasteiger partial charge in [0.1, 0.15) is 5.75 Å². The number of ether oxygens (including phenoxy) is 2. The van der Waals surface area contributed by atoms with Gasteiger partial charge in [-0.3, -0.25) is 4.99 Å². The molecule has 1 saturated carbocycles. The van der Waals surface area contributed by atoms with Gasteiger partial charge in [-0.1, -0.05) is 12.1 Å². The minimum absolute atomic E-state index is 0.227. The minimum Gasteiger partial charge on any atom is -0.497 e. The van der Waals surface area contributed by atoms with Crippen LogP contribution in [0.4, 0.5) is 0 Å². The Morgan fingerprint density at radius 3 is 2.77 bits per heavy atom. The maximum absolute atomic E-state index is 5.66. The van der Waals surface area contributed by atoms with E-state index in [1.165, 1.54) is 18.4 Å². The zero-order valence-corrected chi connectivity index (χ0v) is 16.6. The topological polar surface area (TPSA) is 58.1 Å². The average Bonchev–Trinajstić information content (AvgIpc) is 3.47. The highest BCUT2D eigenvalue weighted by molar-refractivity contribution is 5.79. The predicted octanol–water partition coefficient (Wildman–Crippen LogP) is 2.28. The SMILES string of the molecule is CN=C(NCCCOCC1CC1)NCC(c1cccc(OC)c1)N(C)C. The Labute approximate surface area is 158 Å². The molecule has 6 heteroatoms. The van der Waals surface area contributed by atoms with Crippen LogP contribution in [0.5, 0.6) is 5.75 Å². The smallest absolute Gasteiger partial charge is 0.191 e. The van der Waals surface area contributed by atoms with Crippen LogP contribution in [0.25, 0.3) is 0 Å². The van der Waals surface area contributed by atoms with Crippen molar-refractivity contribution in [3.05, 3.63) is 29.8 Å². The van der Waals surface area contributed by atoms with Crippen molar-refractivity contribution in [2.75, 3.05) is 54.6 Å². The number of nitrogens with zero attached hydrogens (tertiary/aromatic N) is 2. The van der Waals surface area contributed by atoms with Crippen LogP contribution in [0.15, 0.2) is 29.3 Å². The predicted molar refractivity (Wildman–Crippen MR) is 107 cm³/mol. The Morgan fingerprint density at radius 2 is 2.12 bits per heavy atom. The maximum Gasteiger partial charge on any atom is 0.191 e. The summed E-state index contributed by atoms with van der Waals surface area (Å²) in [5.74, 6) is 2.53. The molecule has 0 heterocycles. The molecule has 2 rings (SSSR count). The molecule has 0 aromatic heterocycles. The van der Waals surface area contributed by atoms with Gasteiger partial charge in [-0.05, 0) is 57.0 Å². The van der Waals surface area contributed by atoms with Gasteiger partial charge in [0.2, 0.25) is 0 Å². The van der Waals surface area contributed by atoms with Gasteiger partial charge in [0.15, 0.2) is 5.96 Å². The quantitative estimate of drug-likeness (QED) is 0.359. The van der Waals surface area contributed by atoms with Crippen LogP contribution in [0.2, 0.25) is 0 Å². The van der Waals surface area contributed by atoms with E-state index in [0.29, 0.717) is 0 Å². The van der Waals surface area contributed by atoms with E-state index in [9.17, 15) is 0 Å². The van der Waals surface area contributed by atoms with Crippen molar-refractivity contribution in [3.8, 4) is 5.75 Å². The van der Waals surface area contributed by atoms with E-state index in [4.69, 9.17) is 9.47 Å². The zero-order chi connectivity index (χ0) is 18.8. The molecule has 2 N–H and O–H groups in total. The fourth-order valence-corrected chi connectivity index (χ4v) is 2.78. The first-order chi connectivity index (χ1) is 12.6. The molecular weight excluding hydrogens is 328 g/mol. The van der Waals surface area contributed by atoms with E-state index in [1.54, 1.807) is 14.2 Å². The second-order valence-corrected chi connectivity index (χ2v) is 7.01. The number of likely N-dealkylation sites (N-methyl/N-ethyl adjacent to an activating group) is 1. The second-order valence-electron chi connectivity index (χ2n) is 7.01. The number of hydrogen-bond donors (Lipinski definition) is 2. The first-order valence-electron chi connectivity index (χ1n) is 9.46. The monoisotopic (exact) mass is 362 g/mol. The molecule has 1 aliphatic carbocycles. The molecule has 1 aromatic carbocycles. The summed E-state index contributed by atoms with van der Waals surface area (Å²) in [7, 11) is 7.66. The lowest BCUT2D eigenvalue weighted by molar-refractivity contribution is 0.123. The molecule has 0 spiro atoms. The molecule has 1 unspecified atom stereocenters. The van der Waals surface area contributed by atoms with Gasteiger partial charge in [0.25, 0.3) is 0 Å². The lowest BCUT2D eigenvalue weighted by atomic mass is 10.1. The third-order valence-corrected chi connectivity index (χ3v) is 4.60. The van der Waals surface area contributed by atoms with Crippen LogP contribution in [0.1, 0.15) is 30.9 Å². The maximum atomic E-state index is 5.66. The van der Waals surface area contributed by atoms with Gasteiger partial charge in [0.05, 0.1) is 13.2 Å². The molecule has 1 aromatic rings. The number of benzene rings is 1. The summed E-state index contributed by atoms with van der Waals surface area (Å²) in [6, 6.07) is 8.43. The van der Waals surface area contributed by atoms with Crippen molar-refractivity contribution in [2.24, 2.45) is 10.9 Å². The average molecular weight is 363 g/mol. The molecule has 1 atom stereocenters. The van der Waals surface area contributed by atoms with E-state index in [2.05, 4.69) is 46.8 Å². The molecule has 0 amide bonds. The van der Waals surface area contributed by atoms with Crippen LogP contribution in [-0.2, 0) is 4.74 Å². The summed E-state index contributed by atoms with van der Waals surface area (Å²) in [5.41, 5.74) is 1.21. The molecule has 146 valence electrons. The molecule has 0 aliphatic heterocycles. The molecule has 1 fully saturated rings. The highest BCUT2D eigenvalue weighted by atomic mass is 16.5. The summed E-state index contributed by atoms with van der Waals surface area (Å²) in [6.45, 7) is 3.36. The Kier molecular flexibility index (Phi) is 8.71. The van der Waals surface area contributed by atoms with E-state index < -0.39 is 0 Å². The molecule has 1 aliphatic rings. The van der Waals surface area contributed by atoms with E-state index in [0.717, 1.165) is 50.4 Å². The summed E-state index contributed by atoms with van der Waals surface area (Å²) in [4.78, 5) is 6.51. The number of rotatable bonds is 11. The van der Waals surface area contributed by atoms with Gasteiger partial charge in [-0.25, -0.2) is 0 Å².